The summed E-state index contributed by atoms with van der Waals surface area (Å²) >= 11 is 0. The minimum absolute atomic E-state index is 0.0590. The number of likely N-dealkylation sites (N-methyl/N-ethyl adjacent to an activating group) is 1. The Labute approximate surface area is 151 Å². The van der Waals surface area contributed by atoms with Gasteiger partial charge in [0.05, 0.1) is 0 Å². The molecule has 0 spiro atoms. The molecule has 8 nitrogen and oxygen atoms in total. The number of guanidine groups is 1. The van der Waals surface area contributed by atoms with Crippen molar-refractivity contribution in [3.05, 3.63) is 0 Å². The zero-order valence-electron chi connectivity index (χ0n) is 16.4. The Morgan fingerprint density at radius 3 is 2.56 bits per heavy atom. The second-order valence-corrected chi connectivity index (χ2v) is 7.39. The van der Waals surface area contributed by atoms with E-state index in [0.29, 0.717) is 25.6 Å². The first-order chi connectivity index (χ1) is 11.6. The van der Waals surface area contributed by atoms with E-state index in [0.717, 1.165) is 12.8 Å². The van der Waals surface area contributed by atoms with Crippen LogP contribution in [0.1, 0.15) is 40.5 Å². The van der Waals surface area contributed by atoms with Crippen molar-refractivity contribution in [2.75, 3.05) is 40.3 Å². The maximum Gasteiger partial charge on any atom is 0.410 e. The van der Waals surface area contributed by atoms with Crippen molar-refractivity contribution in [1.29, 1.82) is 0 Å². The van der Waals surface area contributed by atoms with Gasteiger partial charge in [-0.2, -0.15) is 0 Å². The molecule has 1 atom stereocenters. The van der Waals surface area contributed by atoms with Gasteiger partial charge in [0.15, 0.2) is 5.96 Å². The van der Waals surface area contributed by atoms with Crippen molar-refractivity contribution in [2.24, 2.45) is 4.99 Å². The zero-order valence-corrected chi connectivity index (χ0v) is 16.4. The Morgan fingerprint density at radius 2 is 2.00 bits per heavy atom. The van der Waals surface area contributed by atoms with Crippen molar-refractivity contribution in [3.8, 4) is 0 Å². The molecule has 0 saturated carbocycles. The topological polar surface area (TPSA) is 86.3 Å². The van der Waals surface area contributed by atoms with Crippen LogP contribution in [0.3, 0.4) is 0 Å². The first kappa shape index (κ1) is 21.1. The van der Waals surface area contributed by atoms with Crippen molar-refractivity contribution in [3.63, 3.8) is 0 Å². The predicted octanol–water partition coefficient (Wildman–Crippen LogP) is 1.03. The molecule has 0 aromatic rings. The average molecular weight is 355 g/mol. The maximum atomic E-state index is 12.2. The second-order valence-electron chi connectivity index (χ2n) is 7.39. The second kappa shape index (κ2) is 9.48. The number of amides is 2. The van der Waals surface area contributed by atoms with Gasteiger partial charge in [-0.15, -0.1) is 0 Å². The average Bonchev–Trinajstić information content (AvgIpc) is 2.51. The van der Waals surface area contributed by atoms with Crippen LogP contribution in [0, 0.1) is 0 Å². The molecule has 1 fully saturated rings. The standard InChI is InChI=1S/C17H33N5O3/c1-7-18-15(19-11-14(23)21(5)6)20-13-9-8-10-22(12-13)16(24)25-17(2,3)4/h13H,7-12H2,1-6H3,(H2,18,19,20). The number of carbonyl (C=O) groups is 2. The smallest absolute Gasteiger partial charge is 0.410 e. The Kier molecular flexibility index (Phi) is 7.99. The molecule has 144 valence electrons. The summed E-state index contributed by atoms with van der Waals surface area (Å²) in [7, 11) is 3.41. The van der Waals surface area contributed by atoms with Crippen molar-refractivity contribution >= 4 is 18.0 Å². The van der Waals surface area contributed by atoms with Gasteiger partial charge in [-0.25, -0.2) is 9.79 Å². The SMILES string of the molecule is CCNC(=NCC(=O)N(C)C)NC1CCCN(C(=O)OC(C)(C)C)C1. The van der Waals surface area contributed by atoms with Crippen LogP contribution >= 0.6 is 0 Å². The Balaban J connectivity index is 2.63. The van der Waals surface area contributed by atoms with Crippen LogP contribution in [-0.4, -0.2) is 79.7 Å². The third-order valence-electron chi connectivity index (χ3n) is 3.63. The lowest BCUT2D eigenvalue weighted by Crippen LogP contribution is -2.53. The largest absolute Gasteiger partial charge is 0.444 e. The number of likely N-dealkylation sites (tertiary alicyclic amines) is 1. The number of hydrogen-bond acceptors (Lipinski definition) is 4. The van der Waals surface area contributed by atoms with Crippen LogP contribution < -0.4 is 10.6 Å². The summed E-state index contributed by atoms with van der Waals surface area (Å²) < 4.78 is 5.45. The normalized spacial score (nSPS) is 18.6. The summed E-state index contributed by atoms with van der Waals surface area (Å²) in [5, 5.41) is 6.46. The van der Waals surface area contributed by atoms with E-state index < -0.39 is 5.60 Å². The summed E-state index contributed by atoms with van der Waals surface area (Å²) in [6.45, 7) is 9.60. The highest BCUT2D eigenvalue weighted by molar-refractivity contribution is 5.85. The number of aliphatic imine (C=N–C) groups is 1. The molecule has 1 aliphatic rings. The molecule has 0 bridgehead atoms. The molecule has 2 amide bonds. The summed E-state index contributed by atoms with van der Waals surface area (Å²) in [5.74, 6) is 0.532. The van der Waals surface area contributed by atoms with E-state index in [2.05, 4.69) is 15.6 Å². The number of hydrogen-bond donors (Lipinski definition) is 2. The van der Waals surface area contributed by atoms with Gasteiger partial charge in [0.2, 0.25) is 5.91 Å². The number of rotatable bonds is 4. The summed E-state index contributed by atoms with van der Waals surface area (Å²) in [5.41, 5.74) is -0.500. The van der Waals surface area contributed by atoms with E-state index in [1.165, 1.54) is 4.90 Å². The van der Waals surface area contributed by atoms with Crippen LogP contribution in [0.5, 0.6) is 0 Å². The Morgan fingerprint density at radius 1 is 1.32 bits per heavy atom. The highest BCUT2D eigenvalue weighted by Crippen LogP contribution is 2.15. The van der Waals surface area contributed by atoms with Gasteiger partial charge in [-0.1, -0.05) is 0 Å². The lowest BCUT2D eigenvalue weighted by Gasteiger charge is -2.35. The first-order valence-corrected chi connectivity index (χ1v) is 8.85. The third-order valence-corrected chi connectivity index (χ3v) is 3.63. The lowest BCUT2D eigenvalue weighted by molar-refractivity contribution is -0.127. The van der Waals surface area contributed by atoms with Crippen LogP contribution in [0.15, 0.2) is 4.99 Å². The zero-order chi connectivity index (χ0) is 19.0. The predicted molar refractivity (Wildman–Crippen MR) is 98.6 cm³/mol. The summed E-state index contributed by atoms with van der Waals surface area (Å²) in [6, 6.07) is 0.0773. The van der Waals surface area contributed by atoms with Crippen LogP contribution in [0.25, 0.3) is 0 Å². The highest BCUT2D eigenvalue weighted by Gasteiger charge is 2.28. The molecule has 2 N–H and O–H groups in total. The van der Waals surface area contributed by atoms with Crippen molar-refractivity contribution in [2.45, 2.75) is 52.2 Å². The fraction of sp³-hybridized carbons (Fsp3) is 0.824. The van der Waals surface area contributed by atoms with Gasteiger partial charge in [0, 0.05) is 39.8 Å². The molecule has 25 heavy (non-hydrogen) atoms. The van der Waals surface area contributed by atoms with Gasteiger partial charge < -0.3 is 25.2 Å². The number of carbonyl (C=O) groups excluding carboxylic acids is 2. The number of ether oxygens (including phenoxy) is 1. The van der Waals surface area contributed by atoms with E-state index in [9.17, 15) is 9.59 Å². The number of nitrogens with one attached hydrogen (secondary N) is 2. The van der Waals surface area contributed by atoms with E-state index in [1.54, 1.807) is 19.0 Å². The third kappa shape index (κ3) is 8.09. The van der Waals surface area contributed by atoms with E-state index in [1.807, 2.05) is 27.7 Å². The van der Waals surface area contributed by atoms with Crippen molar-refractivity contribution < 1.29 is 14.3 Å². The molecule has 0 aromatic carbocycles. The maximum absolute atomic E-state index is 12.2. The summed E-state index contributed by atoms with van der Waals surface area (Å²) in [6.07, 6.45) is 1.54. The highest BCUT2D eigenvalue weighted by atomic mass is 16.6. The molecular weight excluding hydrogens is 322 g/mol. The van der Waals surface area contributed by atoms with Crippen LogP contribution in [0.2, 0.25) is 0 Å². The monoisotopic (exact) mass is 355 g/mol. The molecule has 0 aromatic heterocycles. The molecule has 1 saturated heterocycles. The minimum Gasteiger partial charge on any atom is -0.444 e. The molecule has 8 heteroatoms. The Hall–Kier alpha value is -1.99. The molecule has 1 aliphatic heterocycles. The summed E-state index contributed by atoms with van der Waals surface area (Å²) in [4.78, 5) is 31.5. The van der Waals surface area contributed by atoms with Gasteiger partial charge in [-0.05, 0) is 40.5 Å². The molecule has 1 rings (SSSR count). The molecule has 1 heterocycles. The fourth-order valence-corrected chi connectivity index (χ4v) is 2.39. The molecule has 1 unspecified atom stereocenters. The first-order valence-electron chi connectivity index (χ1n) is 8.85. The lowest BCUT2D eigenvalue weighted by atomic mass is 10.1. The van der Waals surface area contributed by atoms with Gasteiger partial charge in [0.1, 0.15) is 12.1 Å². The van der Waals surface area contributed by atoms with Crippen LogP contribution in [0.4, 0.5) is 4.79 Å². The molecule has 0 radical (unpaired) electrons. The van der Waals surface area contributed by atoms with E-state index in [-0.39, 0.29) is 24.6 Å². The molecular formula is C17H33N5O3. The van der Waals surface area contributed by atoms with E-state index in [4.69, 9.17) is 4.74 Å². The quantitative estimate of drug-likeness (QED) is 0.581. The van der Waals surface area contributed by atoms with Gasteiger partial charge in [0.25, 0.3) is 0 Å². The Bertz CT molecular complexity index is 485. The van der Waals surface area contributed by atoms with Gasteiger partial charge in [-0.3, -0.25) is 4.79 Å². The van der Waals surface area contributed by atoms with Gasteiger partial charge >= 0.3 is 6.09 Å². The van der Waals surface area contributed by atoms with E-state index >= 15 is 0 Å². The van der Waals surface area contributed by atoms with Crippen molar-refractivity contribution in [1.82, 2.24) is 20.4 Å². The van der Waals surface area contributed by atoms with Crippen LogP contribution in [-0.2, 0) is 9.53 Å². The fourth-order valence-electron chi connectivity index (χ4n) is 2.39. The minimum atomic E-state index is -0.500. The number of nitrogens with zero attached hydrogens (tertiary/aromatic N) is 3. The molecule has 0 aliphatic carbocycles. The number of piperidine rings is 1.